The molecule has 0 aliphatic carbocycles. The van der Waals surface area contributed by atoms with E-state index in [4.69, 9.17) is 16.3 Å². The van der Waals surface area contributed by atoms with Crippen LogP contribution in [0.15, 0.2) is 30.9 Å². The second kappa shape index (κ2) is 6.68. The topological polar surface area (TPSA) is 93.9 Å². The van der Waals surface area contributed by atoms with Gasteiger partial charge in [-0.2, -0.15) is 5.10 Å². The average molecular weight is 400 g/mol. The first kappa shape index (κ1) is 18.1. The van der Waals surface area contributed by atoms with Gasteiger partial charge in [-0.1, -0.05) is 11.6 Å². The van der Waals surface area contributed by atoms with Crippen molar-refractivity contribution in [2.75, 3.05) is 21.2 Å². The molecule has 0 unspecified atom stereocenters. The first-order valence-corrected chi connectivity index (χ1v) is 8.78. The van der Waals surface area contributed by atoms with Crippen molar-refractivity contribution >= 4 is 28.4 Å². The Morgan fingerprint density at radius 2 is 2.11 bits per heavy atom. The van der Waals surface area contributed by atoms with Gasteiger partial charge in [0.15, 0.2) is 5.82 Å². The number of aromatic amines is 1. The molecule has 0 aliphatic rings. The van der Waals surface area contributed by atoms with Crippen LogP contribution in [0.4, 0.5) is 0 Å². The van der Waals surface area contributed by atoms with Crippen molar-refractivity contribution in [1.29, 1.82) is 0 Å². The van der Waals surface area contributed by atoms with Crippen molar-refractivity contribution in [3.8, 4) is 23.0 Å². The van der Waals surface area contributed by atoms with Crippen LogP contribution in [0.25, 0.3) is 28.1 Å². The molecule has 9 nitrogen and oxygen atoms in total. The van der Waals surface area contributed by atoms with Crippen LogP contribution >= 0.6 is 11.6 Å². The molecule has 3 heterocycles. The Hall–Kier alpha value is -3.33. The number of amides is 1. The fourth-order valence-corrected chi connectivity index (χ4v) is 3.39. The summed E-state index contributed by atoms with van der Waals surface area (Å²) in [4.78, 5) is 22.2. The molecule has 0 spiro atoms. The maximum absolute atomic E-state index is 12.2. The van der Waals surface area contributed by atoms with Crippen LogP contribution in [0, 0.1) is 0 Å². The number of imidazole rings is 1. The van der Waals surface area contributed by atoms with Crippen LogP contribution in [0.2, 0.25) is 5.02 Å². The zero-order valence-corrected chi connectivity index (χ0v) is 16.5. The second-order valence-corrected chi connectivity index (χ2v) is 6.84. The normalized spacial score (nSPS) is 11.2. The number of carbonyl (C=O) groups excluding carboxylic acids is 1. The Bertz CT molecular complexity index is 1170. The lowest BCUT2D eigenvalue weighted by atomic mass is 10.2. The summed E-state index contributed by atoms with van der Waals surface area (Å²) in [6, 6.07) is 3.70. The number of H-pyrrole nitrogens is 1. The quantitative estimate of drug-likeness (QED) is 0.569. The number of aromatic nitrogens is 6. The molecule has 28 heavy (non-hydrogen) atoms. The van der Waals surface area contributed by atoms with Gasteiger partial charge in [-0.25, -0.2) is 9.97 Å². The fraction of sp³-hybridized carbons (Fsp3) is 0.222. The van der Waals surface area contributed by atoms with Crippen LogP contribution < -0.4 is 4.74 Å². The summed E-state index contributed by atoms with van der Waals surface area (Å²) in [6.07, 6.45) is 5.21. The van der Waals surface area contributed by atoms with Gasteiger partial charge in [0.25, 0.3) is 5.91 Å². The first-order chi connectivity index (χ1) is 13.4. The highest BCUT2D eigenvalue weighted by Gasteiger charge is 2.24. The smallest absolute Gasteiger partial charge is 0.290 e. The highest BCUT2D eigenvalue weighted by atomic mass is 35.5. The van der Waals surface area contributed by atoms with E-state index in [1.807, 2.05) is 34.5 Å². The Morgan fingerprint density at radius 1 is 1.32 bits per heavy atom. The van der Waals surface area contributed by atoms with Gasteiger partial charge in [0, 0.05) is 38.9 Å². The molecule has 1 amide bonds. The van der Waals surface area contributed by atoms with Gasteiger partial charge in [-0.3, -0.25) is 9.89 Å². The number of ether oxygens (including phenoxy) is 1. The molecule has 144 valence electrons. The van der Waals surface area contributed by atoms with Gasteiger partial charge in [0.1, 0.15) is 11.4 Å². The third-order valence-electron chi connectivity index (χ3n) is 4.51. The SMILES string of the molecule is COc1cc2c(-n3ccnc3)c(-c3n[nH]c(C(=O)N(C)C)n3)n(C)c2cc1Cl. The molecular weight excluding hydrogens is 382 g/mol. The molecule has 0 radical (unpaired) electrons. The Balaban J connectivity index is 2.02. The zero-order valence-electron chi connectivity index (χ0n) is 15.8. The molecule has 0 atom stereocenters. The molecule has 4 aromatic rings. The number of hydrogen-bond donors (Lipinski definition) is 1. The number of benzene rings is 1. The molecule has 0 fully saturated rings. The maximum atomic E-state index is 12.2. The van der Waals surface area contributed by atoms with Crippen LogP contribution in [0.1, 0.15) is 10.6 Å². The summed E-state index contributed by atoms with van der Waals surface area (Å²) in [5.41, 5.74) is 2.40. The number of nitrogens with one attached hydrogen (secondary N) is 1. The van der Waals surface area contributed by atoms with Gasteiger partial charge >= 0.3 is 0 Å². The zero-order chi connectivity index (χ0) is 20.0. The van der Waals surface area contributed by atoms with Gasteiger partial charge in [0.2, 0.25) is 5.82 Å². The van der Waals surface area contributed by atoms with Crippen LogP contribution in [0.3, 0.4) is 0 Å². The minimum absolute atomic E-state index is 0.164. The van der Waals surface area contributed by atoms with Gasteiger partial charge in [0.05, 0.1) is 29.7 Å². The second-order valence-electron chi connectivity index (χ2n) is 6.44. The van der Waals surface area contributed by atoms with Crippen molar-refractivity contribution in [1.82, 2.24) is 34.2 Å². The molecule has 10 heteroatoms. The molecule has 1 aromatic carbocycles. The van der Waals surface area contributed by atoms with Crippen molar-refractivity contribution < 1.29 is 9.53 Å². The molecule has 0 saturated carbocycles. The van der Waals surface area contributed by atoms with E-state index < -0.39 is 0 Å². The third-order valence-corrected chi connectivity index (χ3v) is 4.81. The average Bonchev–Trinajstić information content (AvgIpc) is 3.40. The number of halogens is 1. The summed E-state index contributed by atoms with van der Waals surface area (Å²) in [6.45, 7) is 0. The summed E-state index contributed by atoms with van der Waals surface area (Å²) in [5, 5.41) is 8.39. The Labute approximate surface area is 165 Å². The third kappa shape index (κ3) is 2.71. The number of carbonyl (C=O) groups is 1. The highest BCUT2D eigenvalue weighted by molar-refractivity contribution is 6.33. The van der Waals surface area contributed by atoms with Crippen LogP contribution in [0.5, 0.6) is 5.75 Å². The van der Waals surface area contributed by atoms with Crippen molar-refractivity contribution in [3.63, 3.8) is 0 Å². The Morgan fingerprint density at radius 3 is 2.75 bits per heavy atom. The predicted molar refractivity (Wildman–Crippen MR) is 105 cm³/mol. The van der Waals surface area contributed by atoms with E-state index in [1.165, 1.54) is 4.90 Å². The van der Waals surface area contributed by atoms with E-state index in [-0.39, 0.29) is 11.7 Å². The number of methoxy groups -OCH3 is 1. The van der Waals surface area contributed by atoms with Crippen LogP contribution in [-0.4, -0.2) is 61.3 Å². The molecule has 0 aliphatic heterocycles. The van der Waals surface area contributed by atoms with Crippen molar-refractivity contribution in [3.05, 3.63) is 41.7 Å². The van der Waals surface area contributed by atoms with Crippen molar-refractivity contribution in [2.45, 2.75) is 0 Å². The van der Waals surface area contributed by atoms with Crippen molar-refractivity contribution in [2.24, 2.45) is 7.05 Å². The molecule has 0 bridgehead atoms. The van der Waals surface area contributed by atoms with E-state index in [9.17, 15) is 4.79 Å². The maximum Gasteiger partial charge on any atom is 0.290 e. The van der Waals surface area contributed by atoms with Gasteiger partial charge in [-0.15, -0.1) is 0 Å². The standard InChI is InChI=1S/C18H18ClN7O2/c1-24(2)18(27)17-21-16(22-23-17)15-14(26-6-5-20-9-26)10-7-13(28-4)11(19)8-12(10)25(15)3/h5-9H,1-4H3,(H,21,22,23). The van der Waals surface area contributed by atoms with E-state index in [0.717, 1.165) is 16.6 Å². The lowest BCUT2D eigenvalue weighted by molar-refractivity contribution is 0.0816. The molecule has 4 rings (SSSR count). The number of hydrogen-bond acceptors (Lipinski definition) is 5. The lowest BCUT2D eigenvalue weighted by Crippen LogP contribution is -2.22. The van der Waals surface area contributed by atoms with E-state index in [2.05, 4.69) is 20.2 Å². The molecule has 1 N–H and O–H groups in total. The largest absolute Gasteiger partial charge is 0.495 e. The number of aryl methyl sites for hydroxylation is 1. The molecule has 3 aromatic heterocycles. The lowest BCUT2D eigenvalue weighted by Gasteiger charge is -2.06. The van der Waals surface area contributed by atoms with E-state index in [0.29, 0.717) is 22.3 Å². The summed E-state index contributed by atoms with van der Waals surface area (Å²) >= 11 is 6.34. The van der Waals surface area contributed by atoms with E-state index >= 15 is 0 Å². The van der Waals surface area contributed by atoms with Gasteiger partial charge in [-0.05, 0) is 12.1 Å². The minimum atomic E-state index is -0.258. The fourth-order valence-electron chi connectivity index (χ4n) is 3.16. The number of fused-ring (bicyclic) bond motifs is 1. The molecular formula is C18H18ClN7O2. The summed E-state index contributed by atoms with van der Waals surface area (Å²) < 4.78 is 9.19. The minimum Gasteiger partial charge on any atom is -0.495 e. The summed E-state index contributed by atoms with van der Waals surface area (Å²) in [5.74, 6) is 0.859. The van der Waals surface area contributed by atoms with Gasteiger partial charge < -0.3 is 18.8 Å². The van der Waals surface area contributed by atoms with E-state index in [1.54, 1.807) is 33.7 Å². The number of rotatable bonds is 4. The number of nitrogens with zero attached hydrogens (tertiary/aromatic N) is 6. The monoisotopic (exact) mass is 399 g/mol. The molecule has 0 saturated heterocycles. The van der Waals surface area contributed by atoms with Crippen LogP contribution in [-0.2, 0) is 7.05 Å². The highest BCUT2D eigenvalue weighted by Crippen LogP contribution is 2.39. The summed E-state index contributed by atoms with van der Waals surface area (Å²) in [7, 11) is 6.78. The predicted octanol–water partition coefficient (Wildman–Crippen LogP) is 2.51. The first-order valence-electron chi connectivity index (χ1n) is 8.41. The Kier molecular flexibility index (Phi) is 4.31.